The predicted molar refractivity (Wildman–Crippen MR) is 121 cm³/mol. The molecule has 0 amide bonds. The summed E-state index contributed by atoms with van der Waals surface area (Å²) < 4.78 is 11.0. The first-order valence-corrected chi connectivity index (χ1v) is 11.3. The molecule has 2 aromatic rings. The molecule has 2 aromatic carbocycles. The zero-order valence-corrected chi connectivity index (χ0v) is 18.0. The number of aryl methyl sites for hydroxylation is 2. The van der Waals surface area contributed by atoms with Crippen molar-refractivity contribution in [2.24, 2.45) is 0 Å². The number of hydrogen-bond donors (Lipinski definition) is 1. The first-order chi connectivity index (χ1) is 15.2. The van der Waals surface area contributed by atoms with Crippen LogP contribution in [0.25, 0.3) is 0 Å². The van der Waals surface area contributed by atoms with E-state index < -0.39 is 6.16 Å². The van der Waals surface area contributed by atoms with Crippen molar-refractivity contribution in [3.8, 4) is 0 Å². The summed E-state index contributed by atoms with van der Waals surface area (Å²) in [5, 5.41) is 8.83. The van der Waals surface area contributed by atoms with Gasteiger partial charge in [0.05, 0.1) is 13.2 Å². The Morgan fingerprint density at radius 3 is 2.26 bits per heavy atom. The maximum atomic E-state index is 10.8. The monoisotopic (exact) mass is 424 g/mol. The highest BCUT2D eigenvalue weighted by Crippen LogP contribution is 2.34. The molecular formula is C25H32N2O4. The number of fused-ring (bicyclic) bond motifs is 2. The number of piperidine rings is 1. The number of hydrogen-bond acceptors (Lipinski definition) is 5. The fraction of sp³-hybridized carbons (Fsp3) is 0.480. The van der Waals surface area contributed by atoms with Gasteiger partial charge < -0.3 is 19.5 Å². The molecule has 6 heteroatoms. The highest BCUT2D eigenvalue weighted by atomic mass is 16.7. The first kappa shape index (κ1) is 21.7. The summed E-state index contributed by atoms with van der Waals surface area (Å²) in [4.78, 5) is 15.4. The van der Waals surface area contributed by atoms with Gasteiger partial charge in [-0.25, -0.2) is 4.79 Å². The van der Waals surface area contributed by atoms with E-state index in [1.54, 1.807) is 0 Å². The summed E-state index contributed by atoms with van der Waals surface area (Å²) in [7, 11) is 0. The summed E-state index contributed by atoms with van der Waals surface area (Å²) in [5.74, 6) is 0. The quantitative estimate of drug-likeness (QED) is 0.522. The molecule has 1 fully saturated rings. The van der Waals surface area contributed by atoms with E-state index in [4.69, 9.17) is 14.6 Å². The predicted octanol–water partition coefficient (Wildman–Crippen LogP) is 4.49. The largest absolute Gasteiger partial charge is 0.506 e. The highest BCUT2D eigenvalue weighted by molar-refractivity contribution is 5.70. The van der Waals surface area contributed by atoms with E-state index in [0.29, 0.717) is 19.8 Å². The van der Waals surface area contributed by atoms with E-state index >= 15 is 0 Å². The number of para-hydroxylation sites is 2. The molecule has 1 atom stereocenters. The Morgan fingerprint density at radius 2 is 1.58 bits per heavy atom. The number of ether oxygens (including phenoxy) is 2. The van der Waals surface area contributed by atoms with Crippen molar-refractivity contribution < 1.29 is 19.4 Å². The molecule has 2 aliphatic rings. The Morgan fingerprint density at radius 1 is 0.935 bits per heavy atom. The molecule has 2 aliphatic heterocycles. The SMILES string of the molecule is O=C(O)O[C@@H]1CCCN(CCOCCN2c3ccccc3CCCc3ccccc32)C1. The molecule has 0 unspecified atom stereocenters. The average Bonchev–Trinajstić information content (AvgIpc) is 2.76. The summed E-state index contributed by atoms with van der Waals surface area (Å²) in [6.07, 6.45) is 3.71. The smallest absolute Gasteiger partial charge is 0.450 e. The van der Waals surface area contributed by atoms with Gasteiger partial charge in [0, 0.05) is 31.0 Å². The van der Waals surface area contributed by atoms with Crippen LogP contribution in [0.2, 0.25) is 0 Å². The van der Waals surface area contributed by atoms with Crippen molar-refractivity contribution in [1.82, 2.24) is 4.90 Å². The Hall–Kier alpha value is -2.57. The van der Waals surface area contributed by atoms with Crippen LogP contribution in [0.1, 0.15) is 30.4 Å². The molecule has 1 N–H and O–H groups in total. The maximum absolute atomic E-state index is 10.8. The number of carboxylic acid groups (broad SMARTS) is 1. The standard InChI is InChI=1S/C25H32N2O4/c28-25(29)31-22-11-6-14-26(19-22)15-17-30-18-16-27-23-12-3-1-7-20(23)9-5-10-21-8-2-4-13-24(21)27/h1-4,7-8,12-13,22H,5-6,9-11,14-19H2,(H,28,29)/t22-/m1/s1. The molecule has 4 rings (SSSR count). The Bertz CT molecular complexity index is 825. The third-order valence-corrected chi connectivity index (χ3v) is 6.20. The zero-order valence-electron chi connectivity index (χ0n) is 18.0. The third-order valence-electron chi connectivity index (χ3n) is 6.20. The summed E-state index contributed by atoms with van der Waals surface area (Å²) in [6, 6.07) is 17.4. The Kier molecular flexibility index (Phi) is 7.43. The van der Waals surface area contributed by atoms with Crippen LogP contribution in [-0.4, -0.2) is 61.7 Å². The number of anilines is 2. The van der Waals surface area contributed by atoms with Crippen LogP contribution >= 0.6 is 0 Å². The first-order valence-electron chi connectivity index (χ1n) is 11.3. The summed E-state index contributed by atoms with van der Waals surface area (Å²) >= 11 is 0. The molecule has 31 heavy (non-hydrogen) atoms. The van der Waals surface area contributed by atoms with E-state index in [1.807, 2.05) is 0 Å². The number of rotatable bonds is 7. The molecule has 0 spiro atoms. The lowest BCUT2D eigenvalue weighted by atomic mass is 9.97. The third kappa shape index (κ3) is 5.77. The van der Waals surface area contributed by atoms with E-state index in [9.17, 15) is 4.79 Å². The Labute approximate surface area is 184 Å². The van der Waals surface area contributed by atoms with Gasteiger partial charge in [0.25, 0.3) is 0 Å². The fourth-order valence-electron chi connectivity index (χ4n) is 4.72. The van der Waals surface area contributed by atoms with Gasteiger partial charge in [-0.3, -0.25) is 4.90 Å². The van der Waals surface area contributed by atoms with Gasteiger partial charge in [-0.2, -0.15) is 0 Å². The number of carbonyl (C=O) groups is 1. The van der Waals surface area contributed by atoms with Gasteiger partial charge in [-0.15, -0.1) is 0 Å². The van der Waals surface area contributed by atoms with Crippen molar-refractivity contribution in [3.05, 3.63) is 59.7 Å². The van der Waals surface area contributed by atoms with Crippen LogP contribution in [0.3, 0.4) is 0 Å². The lowest BCUT2D eigenvalue weighted by Gasteiger charge is -2.32. The second kappa shape index (κ2) is 10.6. The van der Waals surface area contributed by atoms with Crippen LogP contribution in [0, 0.1) is 0 Å². The maximum Gasteiger partial charge on any atom is 0.506 e. The van der Waals surface area contributed by atoms with Crippen molar-refractivity contribution in [2.75, 3.05) is 44.3 Å². The molecule has 1 saturated heterocycles. The molecule has 0 bridgehead atoms. The normalized spacial score (nSPS) is 19.1. The fourth-order valence-corrected chi connectivity index (χ4v) is 4.72. The summed E-state index contributed by atoms with van der Waals surface area (Å²) in [5.41, 5.74) is 5.36. The van der Waals surface area contributed by atoms with Crippen molar-refractivity contribution in [3.63, 3.8) is 0 Å². The van der Waals surface area contributed by atoms with Crippen molar-refractivity contribution in [2.45, 2.75) is 38.2 Å². The van der Waals surface area contributed by atoms with Crippen LogP contribution < -0.4 is 4.90 Å². The highest BCUT2D eigenvalue weighted by Gasteiger charge is 2.23. The topological polar surface area (TPSA) is 62.2 Å². The molecule has 0 aromatic heterocycles. The van der Waals surface area contributed by atoms with Gasteiger partial charge in [0.1, 0.15) is 6.10 Å². The van der Waals surface area contributed by atoms with E-state index in [0.717, 1.165) is 45.3 Å². The van der Waals surface area contributed by atoms with Crippen molar-refractivity contribution in [1.29, 1.82) is 0 Å². The van der Waals surface area contributed by atoms with E-state index in [2.05, 4.69) is 58.3 Å². The van der Waals surface area contributed by atoms with Gasteiger partial charge in [0.2, 0.25) is 0 Å². The number of likely N-dealkylation sites (tertiary alicyclic amines) is 1. The van der Waals surface area contributed by atoms with Crippen LogP contribution in [-0.2, 0) is 22.3 Å². The van der Waals surface area contributed by atoms with Crippen molar-refractivity contribution >= 4 is 17.5 Å². The zero-order chi connectivity index (χ0) is 21.5. The molecule has 166 valence electrons. The lowest BCUT2D eigenvalue weighted by Crippen LogP contribution is -2.42. The molecule has 2 heterocycles. The van der Waals surface area contributed by atoms with Gasteiger partial charge in [-0.1, -0.05) is 36.4 Å². The van der Waals surface area contributed by atoms with Gasteiger partial charge in [0.15, 0.2) is 0 Å². The number of nitrogens with zero attached hydrogens (tertiary/aromatic N) is 2. The van der Waals surface area contributed by atoms with E-state index in [1.165, 1.54) is 28.9 Å². The molecule has 6 nitrogen and oxygen atoms in total. The second-order valence-corrected chi connectivity index (χ2v) is 8.32. The Balaban J connectivity index is 1.33. The lowest BCUT2D eigenvalue weighted by molar-refractivity contribution is 0.00621. The molecular weight excluding hydrogens is 392 g/mol. The van der Waals surface area contributed by atoms with Gasteiger partial charge in [-0.05, 0) is 61.9 Å². The molecule has 0 radical (unpaired) electrons. The second-order valence-electron chi connectivity index (χ2n) is 8.32. The minimum absolute atomic E-state index is 0.222. The number of benzene rings is 2. The van der Waals surface area contributed by atoms with Crippen LogP contribution in [0.4, 0.5) is 16.2 Å². The van der Waals surface area contributed by atoms with Gasteiger partial charge >= 0.3 is 6.16 Å². The minimum atomic E-state index is -1.18. The van der Waals surface area contributed by atoms with Crippen LogP contribution in [0.15, 0.2) is 48.5 Å². The van der Waals surface area contributed by atoms with E-state index in [-0.39, 0.29) is 6.10 Å². The summed E-state index contributed by atoms with van der Waals surface area (Å²) in [6.45, 7) is 4.51. The van der Waals surface area contributed by atoms with Crippen LogP contribution in [0.5, 0.6) is 0 Å². The molecule has 0 saturated carbocycles. The molecule has 0 aliphatic carbocycles. The minimum Gasteiger partial charge on any atom is -0.450 e. The average molecular weight is 425 g/mol.